The Bertz CT molecular complexity index is 294. The van der Waals surface area contributed by atoms with Gasteiger partial charge in [0.1, 0.15) is 0 Å². The highest BCUT2D eigenvalue weighted by Crippen LogP contribution is 2.04. The van der Waals surface area contributed by atoms with Crippen LogP contribution in [0, 0.1) is 0 Å². The van der Waals surface area contributed by atoms with E-state index in [0.717, 1.165) is 11.1 Å². The van der Waals surface area contributed by atoms with Gasteiger partial charge in [-0.25, -0.2) is 0 Å². The van der Waals surface area contributed by atoms with E-state index in [1.54, 1.807) is 0 Å². The Labute approximate surface area is 78.4 Å². The molecule has 5 N–H and O–H groups in total. The monoisotopic (exact) mass is 177 g/mol. The molecule has 0 fully saturated rings. The topological polar surface area (TPSA) is 64.1 Å². The highest BCUT2D eigenvalue weighted by molar-refractivity contribution is 5.23. The number of hydrogen-bond donors (Lipinski definition) is 3. The van der Waals surface area contributed by atoms with Crippen LogP contribution in [0.1, 0.15) is 11.1 Å². The molecule has 0 atom stereocenters. The van der Waals surface area contributed by atoms with Crippen molar-refractivity contribution in [2.75, 3.05) is 0 Å². The Balaban J connectivity index is 2.61. The fourth-order valence-electron chi connectivity index (χ4n) is 1.08. The molecule has 0 aliphatic heterocycles. The van der Waals surface area contributed by atoms with Crippen molar-refractivity contribution in [3.05, 3.63) is 47.8 Å². The molecule has 0 aliphatic rings. The molecule has 13 heavy (non-hydrogen) atoms. The van der Waals surface area contributed by atoms with Crippen LogP contribution < -0.4 is 16.8 Å². The van der Waals surface area contributed by atoms with E-state index in [1.165, 1.54) is 0 Å². The second kappa shape index (κ2) is 4.52. The van der Waals surface area contributed by atoms with Gasteiger partial charge in [0.2, 0.25) is 0 Å². The van der Waals surface area contributed by atoms with Gasteiger partial charge in [0.15, 0.2) is 0 Å². The molecule has 0 saturated carbocycles. The summed E-state index contributed by atoms with van der Waals surface area (Å²) in [5.41, 5.74) is 13.2. The van der Waals surface area contributed by atoms with Gasteiger partial charge in [-0.2, -0.15) is 0 Å². The summed E-state index contributed by atoms with van der Waals surface area (Å²) in [4.78, 5) is 0. The van der Waals surface area contributed by atoms with Gasteiger partial charge in [-0.3, -0.25) is 0 Å². The normalized spacial score (nSPS) is 9.62. The van der Waals surface area contributed by atoms with Crippen LogP contribution in [-0.4, -0.2) is 0 Å². The van der Waals surface area contributed by atoms with Crippen LogP contribution in [0.25, 0.3) is 0 Å². The molecule has 0 aliphatic carbocycles. The van der Waals surface area contributed by atoms with E-state index >= 15 is 0 Å². The largest absolute Gasteiger partial charge is 0.386 e. The number of rotatable bonds is 4. The van der Waals surface area contributed by atoms with Crippen molar-refractivity contribution in [3.8, 4) is 0 Å². The summed E-state index contributed by atoms with van der Waals surface area (Å²) in [6, 6.07) is 8.06. The highest BCUT2D eigenvalue weighted by Gasteiger charge is 1.93. The van der Waals surface area contributed by atoms with E-state index in [2.05, 4.69) is 18.0 Å². The molecule has 70 valence electrons. The summed E-state index contributed by atoms with van der Waals surface area (Å²) in [6.45, 7) is 4.82. The second-order valence-electron chi connectivity index (χ2n) is 2.90. The van der Waals surface area contributed by atoms with Crippen LogP contribution >= 0.6 is 0 Å². The molecule has 0 bridgehead atoms. The van der Waals surface area contributed by atoms with Gasteiger partial charge in [-0.05, 0) is 11.1 Å². The minimum Gasteiger partial charge on any atom is -0.386 e. The molecule has 0 amide bonds. The SMILES string of the molecule is C=C(N)NCc1cccc(CN)c1. The van der Waals surface area contributed by atoms with Crippen LogP contribution in [0.15, 0.2) is 36.7 Å². The van der Waals surface area contributed by atoms with Gasteiger partial charge in [0.25, 0.3) is 0 Å². The maximum Gasteiger partial charge on any atom is 0.0888 e. The number of hydrogen-bond acceptors (Lipinski definition) is 3. The molecule has 3 heteroatoms. The molecule has 0 aromatic heterocycles. The van der Waals surface area contributed by atoms with Gasteiger partial charge in [0.05, 0.1) is 5.82 Å². The minimum atomic E-state index is 0.484. The molecule has 0 heterocycles. The Morgan fingerprint density at radius 2 is 2.08 bits per heavy atom. The Hall–Kier alpha value is -1.48. The quantitative estimate of drug-likeness (QED) is 0.633. The highest BCUT2D eigenvalue weighted by atomic mass is 15.0. The van der Waals surface area contributed by atoms with Crippen molar-refractivity contribution in [1.82, 2.24) is 5.32 Å². The van der Waals surface area contributed by atoms with E-state index in [-0.39, 0.29) is 0 Å². The standard InChI is InChI=1S/C10H15N3/c1-8(12)13-7-10-4-2-3-9(5-10)6-11/h2-5,13H,1,6-7,11-12H2. The molecule has 0 unspecified atom stereocenters. The van der Waals surface area contributed by atoms with Crippen LogP contribution in [0.3, 0.4) is 0 Å². The zero-order chi connectivity index (χ0) is 9.68. The summed E-state index contributed by atoms with van der Waals surface area (Å²) in [5.74, 6) is 0.484. The van der Waals surface area contributed by atoms with E-state index < -0.39 is 0 Å². The molecule has 1 aromatic rings. The second-order valence-corrected chi connectivity index (χ2v) is 2.90. The maximum atomic E-state index is 5.51. The lowest BCUT2D eigenvalue weighted by atomic mass is 10.1. The Morgan fingerprint density at radius 3 is 2.69 bits per heavy atom. The Kier molecular flexibility index (Phi) is 3.34. The minimum absolute atomic E-state index is 0.484. The lowest BCUT2D eigenvalue weighted by molar-refractivity contribution is 0.802. The van der Waals surface area contributed by atoms with Gasteiger partial charge in [0, 0.05) is 13.1 Å². The zero-order valence-corrected chi connectivity index (χ0v) is 7.59. The smallest absolute Gasteiger partial charge is 0.0888 e. The number of nitrogens with one attached hydrogen (secondary N) is 1. The van der Waals surface area contributed by atoms with E-state index in [0.29, 0.717) is 18.9 Å². The third kappa shape index (κ3) is 3.17. The number of benzene rings is 1. The molecule has 0 saturated heterocycles. The van der Waals surface area contributed by atoms with E-state index in [1.807, 2.05) is 18.2 Å². The van der Waals surface area contributed by atoms with Crippen LogP contribution in [0.4, 0.5) is 0 Å². The molecular formula is C10H15N3. The first kappa shape index (κ1) is 9.61. The molecule has 1 rings (SSSR count). The van der Waals surface area contributed by atoms with Crippen molar-refractivity contribution < 1.29 is 0 Å². The predicted molar refractivity (Wildman–Crippen MR) is 54.5 cm³/mol. The van der Waals surface area contributed by atoms with Crippen molar-refractivity contribution in [2.24, 2.45) is 11.5 Å². The summed E-state index contributed by atoms with van der Waals surface area (Å²) in [7, 11) is 0. The Morgan fingerprint density at radius 1 is 1.38 bits per heavy atom. The van der Waals surface area contributed by atoms with Crippen LogP contribution in [0.5, 0.6) is 0 Å². The van der Waals surface area contributed by atoms with Crippen molar-refractivity contribution in [1.29, 1.82) is 0 Å². The molecule has 1 aromatic carbocycles. The van der Waals surface area contributed by atoms with E-state index in [9.17, 15) is 0 Å². The van der Waals surface area contributed by atoms with Gasteiger partial charge < -0.3 is 16.8 Å². The molecule has 0 spiro atoms. The lowest BCUT2D eigenvalue weighted by Crippen LogP contribution is -2.18. The van der Waals surface area contributed by atoms with Crippen molar-refractivity contribution in [3.63, 3.8) is 0 Å². The van der Waals surface area contributed by atoms with E-state index in [4.69, 9.17) is 11.5 Å². The van der Waals surface area contributed by atoms with Gasteiger partial charge >= 0.3 is 0 Å². The first-order valence-corrected chi connectivity index (χ1v) is 4.18. The summed E-state index contributed by atoms with van der Waals surface area (Å²) in [5, 5.41) is 2.96. The molecule has 0 radical (unpaired) electrons. The van der Waals surface area contributed by atoms with Crippen LogP contribution in [0.2, 0.25) is 0 Å². The maximum absolute atomic E-state index is 5.51. The summed E-state index contributed by atoms with van der Waals surface area (Å²) >= 11 is 0. The molecular weight excluding hydrogens is 162 g/mol. The van der Waals surface area contributed by atoms with Gasteiger partial charge in [-0.15, -0.1) is 0 Å². The first-order chi connectivity index (χ1) is 6.22. The zero-order valence-electron chi connectivity index (χ0n) is 7.59. The lowest BCUT2D eigenvalue weighted by Gasteiger charge is -2.06. The number of nitrogens with two attached hydrogens (primary N) is 2. The average molecular weight is 177 g/mol. The summed E-state index contributed by atoms with van der Waals surface area (Å²) < 4.78 is 0. The van der Waals surface area contributed by atoms with Crippen LogP contribution in [-0.2, 0) is 13.1 Å². The average Bonchev–Trinajstić information content (AvgIpc) is 2.15. The fraction of sp³-hybridized carbons (Fsp3) is 0.200. The molecule has 3 nitrogen and oxygen atoms in total. The predicted octanol–water partition coefficient (Wildman–Crippen LogP) is 0.665. The first-order valence-electron chi connectivity index (χ1n) is 4.18. The summed E-state index contributed by atoms with van der Waals surface area (Å²) in [6.07, 6.45) is 0. The third-order valence-electron chi connectivity index (χ3n) is 1.75. The van der Waals surface area contributed by atoms with Gasteiger partial charge in [-0.1, -0.05) is 30.8 Å². The fourth-order valence-corrected chi connectivity index (χ4v) is 1.08. The van der Waals surface area contributed by atoms with Crippen molar-refractivity contribution in [2.45, 2.75) is 13.1 Å². The third-order valence-corrected chi connectivity index (χ3v) is 1.75. The van der Waals surface area contributed by atoms with Crippen molar-refractivity contribution >= 4 is 0 Å².